The van der Waals surface area contributed by atoms with Gasteiger partial charge in [-0.05, 0) is 37.6 Å². The SMILES string of the molecule is COc1ccc(OC(C)C(=O)N2CCC(O)C2)cc1. The van der Waals surface area contributed by atoms with Gasteiger partial charge in [-0.25, -0.2) is 0 Å². The molecule has 0 aliphatic carbocycles. The van der Waals surface area contributed by atoms with Gasteiger partial charge in [0, 0.05) is 13.1 Å². The van der Waals surface area contributed by atoms with Crippen LogP contribution < -0.4 is 9.47 Å². The van der Waals surface area contributed by atoms with Gasteiger partial charge in [0.1, 0.15) is 11.5 Å². The standard InChI is InChI=1S/C14H19NO4/c1-10(14(17)15-8-7-11(16)9-15)19-13-5-3-12(18-2)4-6-13/h3-6,10-11,16H,7-9H2,1-2H3. The summed E-state index contributed by atoms with van der Waals surface area (Å²) < 4.78 is 10.7. The summed E-state index contributed by atoms with van der Waals surface area (Å²) in [6, 6.07) is 7.10. The molecular formula is C14H19NO4. The molecule has 0 saturated carbocycles. The van der Waals surface area contributed by atoms with Gasteiger partial charge in [-0.1, -0.05) is 0 Å². The molecule has 1 N–H and O–H groups in total. The Morgan fingerprint density at radius 3 is 2.53 bits per heavy atom. The summed E-state index contributed by atoms with van der Waals surface area (Å²) in [5.74, 6) is 1.28. The third kappa shape index (κ3) is 3.38. The van der Waals surface area contributed by atoms with E-state index in [4.69, 9.17) is 9.47 Å². The first-order valence-electron chi connectivity index (χ1n) is 6.37. The van der Waals surface area contributed by atoms with Crippen LogP contribution in [0.4, 0.5) is 0 Å². The second-order valence-corrected chi connectivity index (χ2v) is 4.66. The number of ether oxygens (including phenoxy) is 2. The lowest BCUT2D eigenvalue weighted by Gasteiger charge is -2.21. The molecule has 1 aromatic rings. The van der Waals surface area contributed by atoms with E-state index in [0.29, 0.717) is 25.3 Å². The van der Waals surface area contributed by atoms with Crippen LogP contribution in [0.1, 0.15) is 13.3 Å². The predicted octanol–water partition coefficient (Wildman–Crippen LogP) is 1.06. The lowest BCUT2D eigenvalue weighted by Crippen LogP contribution is -2.39. The lowest BCUT2D eigenvalue weighted by atomic mass is 10.3. The van der Waals surface area contributed by atoms with Crippen LogP contribution in [0.5, 0.6) is 11.5 Å². The number of amides is 1. The summed E-state index contributed by atoms with van der Waals surface area (Å²) >= 11 is 0. The van der Waals surface area contributed by atoms with Crippen LogP contribution in [0.15, 0.2) is 24.3 Å². The van der Waals surface area contributed by atoms with Gasteiger partial charge in [0.2, 0.25) is 0 Å². The molecular weight excluding hydrogens is 246 g/mol. The summed E-state index contributed by atoms with van der Waals surface area (Å²) in [4.78, 5) is 13.7. The van der Waals surface area contributed by atoms with Crippen LogP contribution in [-0.2, 0) is 4.79 Å². The minimum atomic E-state index is -0.557. The Hall–Kier alpha value is -1.75. The normalized spacial score (nSPS) is 20.2. The Bertz CT molecular complexity index is 432. The van der Waals surface area contributed by atoms with Crippen LogP contribution in [0.2, 0.25) is 0 Å². The highest BCUT2D eigenvalue weighted by atomic mass is 16.5. The molecule has 2 atom stereocenters. The Morgan fingerprint density at radius 1 is 1.37 bits per heavy atom. The highest BCUT2D eigenvalue weighted by molar-refractivity contribution is 5.81. The first-order valence-corrected chi connectivity index (χ1v) is 6.37. The van der Waals surface area contributed by atoms with E-state index in [0.717, 1.165) is 5.75 Å². The average molecular weight is 265 g/mol. The van der Waals surface area contributed by atoms with Crippen molar-refractivity contribution < 1.29 is 19.4 Å². The molecule has 1 fully saturated rings. The van der Waals surface area contributed by atoms with Crippen LogP contribution in [0.3, 0.4) is 0 Å². The maximum atomic E-state index is 12.1. The number of β-amino-alcohol motifs (C(OH)–C–C–N with tert-alkyl or cyclic N) is 1. The van der Waals surface area contributed by atoms with Crippen molar-refractivity contribution in [2.45, 2.75) is 25.6 Å². The molecule has 5 heteroatoms. The number of hydrogen-bond donors (Lipinski definition) is 1. The van der Waals surface area contributed by atoms with Crippen molar-refractivity contribution >= 4 is 5.91 Å². The van der Waals surface area contributed by atoms with E-state index in [2.05, 4.69) is 0 Å². The van der Waals surface area contributed by atoms with Crippen LogP contribution in [-0.4, -0.2) is 48.3 Å². The van der Waals surface area contributed by atoms with Gasteiger partial charge >= 0.3 is 0 Å². The quantitative estimate of drug-likeness (QED) is 0.884. The molecule has 2 unspecified atom stereocenters. The number of carbonyl (C=O) groups is 1. The summed E-state index contributed by atoms with van der Waals surface area (Å²) in [5, 5.41) is 9.43. The fourth-order valence-corrected chi connectivity index (χ4v) is 2.11. The monoisotopic (exact) mass is 265 g/mol. The molecule has 0 spiro atoms. The van der Waals surface area contributed by atoms with Gasteiger partial charge in [0.05, 0.1) is 13.2 Å². The number of aliphatic hydroxyl groups excluding tert-OH is 1. The molecule has 0 radical (unpaired) electrons. The van der Waals surface area contributed by atoms with Crippen molar-refractivity contribution in [3.8, 4) is 11.5 Å². The van der Waals surface area contributed by atoms with Crippen molar-refractivity contribution in [1.29, 1.82) is 0 Å². The topological polar surface area (TPSA) is 59.0 Å². The van der Waals surface area contributed by atoms with Gasteiger partial charge in [-0.2, -0.15) is 0 Å². The Kier molecular flexibility index (Phi) is 4.27. The number of nitrogens with zero attached hydrogens (tertiary/aromatic N) is 1. The van der Waals surface area contributed by atoms with Gasteiger partial charge in [0.15, 0.2) is 6.10 Å². The number of hydrogen-bond acceptors (Lipinski definition) is 4. The summed E-state index contributed by atoms with van der Waals surface area (Å²) in [6.07, 6.45) is -0.322. The molecule has 19 heavy (non-hydrogen) atoms. The lowest BCUT2D eigenvalue weighted by molar-refractivity contribution is -0.137. The van der Waals surface area contributed by atoms with Gasteiger partial charge in [-0.3, -0.25) is 4.79 Å². The highest BCUT2D eigenvalue weighted by Gasteiger charge is 2.28. The maximum Gasteiger partial charge on any atom is 0.263 e. The molecule has 1 aliphatic heterocycles. The largest absolute Gasteiger partial charge is 0.497 e. The van der Waals surface area contributed by atoms with E-state index < -0.39 is 12.2 Å². The number of rotatable bonds is 4. The Labute approximate surface area is 112 Å². The molecule has 1 saturated heterocycles. The van der Waals surface area contributed by atoms with Crippen LogP contribution in [0.25, 0.3) is 0 Å². The van der Waals surface area contributed by atoms with E-state index in [-0.39, 0.29) is 5.91 Å². The highest BCUT2D eigenvalue weighted by Crippen LogP contribution is 2.19. The second-order valence-electron chi connectivity index (χ2n) is 4.66. The zero-order valence-corrected chi connectivity index (χ0v) is 11.2. The predicted molar refractivity (Wildman–Crippen MR) is 70.3 cm³/mol. The molecule has 1 aliphatic rings. The number of methoxy groups -OCH3 is 1. The van der Waals surface area contributed by atoms with Crippen molar-refractivity contribution in [1.82, 2.24) is 4.90 Å². The molecule has 0 aromatic heterocycles. The Balaban J connectivity index is 1.92. The molecule has 1 heterocycles. The first kappa shape index (κ1) is 13.7. The van der Waals surface area contributed by atoms with Crippen LogP contribution in [0, 0.1) is 0 Å². The van der Waals surface area contributed by atoms with Crippen molar-refractivity contribution in [2.24, 2.45) is 0 Å². The molecule has 1 amide bonds. The zero-order chi connectivity index (χ0) is 13.8. The minimum Gasteiger partial charge on any atom is -0.497 e. The number of benzene rings is 1. The van der Waals surface area contributed by atoms with Gasteiger partial charge in [-0.15, -0.1) is 0 Å². The van der Waals surface area contributed by atoms with E-state index in [1.165, 1.54) is 0 Å². The third-order valence-electron chi connectivity index (χ3n) is 3.20. The fourth-order valence-electron chi connectivity index (χ4n) is 2.11. The number of likely N-dealkylation sites (tertiary alicyclic amines) is 1. The zero-order valence-electron chi connectivity index (χ0n) is 11.2. The van der Waals surface area contributed by atoms with Gasteiger partial charge < -0.3 is 19.5 Å². The van der Waals surface area contributed by atoms with Crippen LogP contribution >= 0.6 is 0 Å². The molecule has 0 bridgehead atoms. The van der Waals surface area contributed by atoms with E-state index >= 15 is 0 Å². The average Bonchev–Trinajstić information content (AvgIpc) is 2.85. The van der Waals surface area contributed by atoms with Crippen molar-refractivity contribution in [3.63, 3.8) is 0 Å². The summed E-state index contributed by atoms with van der Waals surface area (Å²) in [5.41, 5.74) is 0. The molecule has 1 aromatic carbocycles. The van der Waals surface area contributed by atoms with Crippen molar-refractivity contribution in [3.05, 3.63) is 24.3 Å². The molecule has 104 valence electrons. The van der Waals surface area contributed by atoms with E-state index in [1.54, 1.807) is 43.2 Å². The first-order chi connectivity index (χ1) is 9.10. The maximum absolute atomic E-state index is 12.1. The number of aliphatic hydroxyl groups is 1. The van der Waals surface area contributed by atoms with Gasteiger partial charge in [0.25, 0.3) is 5.91 Å². The summed E-state index contributed by atoms with van der Waals surface area (Å²) in [6.45, 7) is 2.71. The Morgan fingerprint density at radius 2 is 2.00 bits per heavy atom. The van der Waals surface area contributed by atoms with Crippen molar-refractivity contribution in [2.75, 3.05) is 20.2 Å². The molecule has 2 rings (SSSR count). The van der Waals surface area contributed by atoms with E-state index in [1.807, 2.05) is 0 Å². The fraction of sp³-hybridized carbons (Fsp3) is 0.500. The van der Waals surface area contributed by atoms with E-state index in [9.17, 15) is 9.90 Å². The third-order valence-corrected chi connectivity index (χ3v) is 3.20. The summed E-state index contributed by atoms with van der Waals surface area (Å²) in [7, 11) is 1.60. The second kappa shape index (κ2) is 5.93. The number of carbonyl (C=O) groups excluding carboxylic acids is 1. The smallest absolute Gasteiger partial charge is 0.263 e. The molecule has 5 nitrogen and oxygen atoms in total. The minimum absolute atomic E-state index is 0.0904.